The van der Waals surface area contributed by atoms with Gasteiger partial charge in [-0.2, -0.15) is 0 Å². The molecule has 17 heavy (non-hydrogen) atoms. The molecular formula is C16H13Cl. The van der Waals surface area contributed by atoms with Gasteiger partial charge in [-0.1, -0.05) is 59.6 Å². The van der Waals surface area contributed by atoms with Gasteiger partial charge in [0.2, 0.25) is 0 Å². The lowest BCUT2D eigenvalue weighted by atomic mass is 10.1. The second-order valence-corrected chi connectivity index (χ2v) is 4.92. The maximum Gasteiger partial charge on any atom is 0.0411 e. The Balaban J connectivity index is 1.89. The number of allylic oxidation sites excluding steroid dienone is 1. The van der Waals surface area contributed by atoms with Crippen LogP contribution in [0.2, 0.25) is 5.02 Å². The van der Waals surface area contributed by atoms with E-state index in [0.29, 0.717) is 0 Å². The number of hydrogen-bond acceptors (Lipinski definition) is 0. The van der Waals surface area contributed by atoms with Crippen LogP contribution in [0.4, 0.5) is 0 Å². The van der Waals surface area contributed by atoms with Gasteiger partial charge in [0.25, 0.3) is 0 Å². The van der Waals surface area contributed by atoms with Crippen molar-refractivity contribution >= 4 is 17.7 Å². The number of hydrogen-bond donors (Lipinski definition) is 0. The molecule has 0 saturated heterocycles. The molecule has 1 heteroatoms. The highest BCUT2D eigenvalue weighted by Gasteiger charge is 2.13. The Bertz CT molecular complexity index is 555. The van der Waals surface area contributed by atoms with E-state index in [1.54, 1.807) is 0 Å². The summed E-state index contributed by atoms with van der Waals surface area (Å²) in [7, 11) is 0. The Kier molecular flexibility index (Phi) is 2.74. The van der Waals surface area contributed by atoms with Crippen LogP contribution >= 0.6 is 11.6 Å². The molecule has 0 radical (unpaired) electrons. The molecule has 0 spiro atoms. The summed E-state index contributed by atoms with van der Waals surface area (Å²) >= 11 is 5.99. The first-order valence-corrected chi connectivity index (χ1v) is 6.21. The lowest BCUT2D eigenvalue weighted by Gasteiger charge is -1.98. The van der Waals surface area contributed by atoms with E-state index in [1.807, 2.05) is 18.2 Å². The molecule has 0 fully saturated rings. The summed E-state index contributed by atoms with van der Waals surface area (Å²) in [5, 5.41) is 0.801. The van der Waals surface area contributed by atoms with E-state index in [1.165, 1.54) is 22.3 Å². The molecule has 1 aliphatic carbocycles. The zero-order valence-electron chi connectivity index (χ0n) is 9.49. The van der Waals surface area contributed by atoms with Crippen LogP contribution in [0, 0.1) is 0 Å². The van der Waals surface area contributed by atoms with Crippen molar-refractivity contribution in [3.8, 4) is 0 Å². The molecule has 0 aromatic heterocycles. The van der Waals surface area contributed by atoms with Gasteiger partial charge >= 0.3 is 0 Å². The molecule has 0 atom stereocenters. The van der Waals surface area contributed by atoms with Crippen molar-refractivity contribution < 1.29 is 0 Å². The minimum atomic E-state index is 0.801. The number of halogens is 1. The predicted octanol–water partition coefficient (Wildman–Crippen LogP) is 4.52. The lowest BCUT2D eigenvalue weighted by molar-refractivity contribution is 1.19. The summed E-state index contributed by atoms with van der Waals surface area (Å²) in [6, 6.07) is 16.7. The van der Waals surface area contributed by atoms with E-state index in [4.69, 9.17) is 11.6 Å². The predicted molar refractivity (Wildman–Crippen MR) is 73.3 cm³/mol. The van der Waals surface area contributed by atoms with Crippen LogP contribution in [0.5, 0.6) is 0 Å². The van der Waals surface area contributed by atoms with Crippen molar-refractivity contribution in [3.63, 3.8) is 0 Å². The molecule has 0 saturated carbocycles. The highest BCUT2D eigenvalue weighted by molar-refractivity contribution is 6.30. The molecule has 3 rings (SSSR count). The molecule has 84 valence electrons. The van der Waals surface area contributed by atoms with Gasteiger partial charge < -0.3 is 0 Å². The second-order valence-electron chi connectivity index (χ2n) is 4.48. The molecule has 0 heterocycles. The number of fused-ring (bicyclic) bond motifs is 1. The Morgan fingerprint density at radius 2 is 1.59 bits per heavy atom. The summed E-state index contributed by atoms with van der Waals surface area (Å²) in [5.41, 5.74) is 5.58. The molecule has 0 bridgehead atoms. The van der Waals surface area contributed by atoms with E-state index < -0.39 is 0 Å². The standard InChI is InChI=1S/C16H13Cl/c17-16-7-3-4-12(11-16)8-13-9-14-5-1-2-6-15(14)10-13/h1-8,11H,9-10H2. The lowest BCUT2D eigenvalue weighted by Crippen LogP contribution is -1.81. The summed E-state index contributed by atoms with van der Waals surface area (Å²) < 4.78 is 0. The van der Waals surface area contributed by atoms with E-state index in [2.05, 4.69) is 36.4 Å². The SMILES string of the molecule is Clc1cccc(C=C2Cc3ccccc3C2)c1. The quantitative estimate of drug-likeness (QED) is 0.688. The second kappa shape index (κ2) is 4.38. The fourth-order valence-corrected chi connectivity index (χ4v) is 2.59. The minimum absolute atomic E-state index is 0.801. The normalized spacial score (nSPS) is 13.6. The fraction of sp³-hybridized carbons (Fsp3) is 0.125. The van der Waals surface area contributed by atoms with Gasteiger partial charge in [-0.15, -0.1) is 0 Å². The largest absolute Gasteiger partial charge is 0.0843 e. The van der Waals surface area contributed by atoms with Gasteiger partial charge in [0.1, 0.15) is 0 Å². The smallest absolute Gasteiger partial charge is 0.0411 e. The van der Waals surface area contributed by atoms with Crippen molar-refractivity contribution in [2.45, 2.75) is 12.8 Å². The summed E-state index contributed by atoms with van der Waals surface area (Å²) in [6.07, 6.45) is 4.40. The molecule has 0 nitrogen and oxygen atoms in total. The molecule has 2 aromatic rings. The van der Waals surface area contributed by atoms with Crippen LogP contribution in [-0.2, 0) is 12.8 Å². The van der Waals surface area contributed by atoms with Crippen LogP contribution in [0.15, 0.2) is 54.1 Å². The van der Waals surface area contributed by atoms with E-state index in [9.17, 15) is 0 Å². The van der Waals surface area contributed by atoms with E-state index >= 15 is 0 Å². The highest BCUT2D eigenvalue weighted by Crippen LogP contribution is 2.27. The first-order chi connectivity index (χ1) is 8.31. The average molecular weight is 241 g/mol. The molecule has 0 N–H and O–H groups in total. The fourth-order valence-electron chi connectivity index (χ4n) is 2.39. The Morgan fingerprint density at radius 3 is 2.24 bits per heavy atom. The zero-order valence-corrected chi connectivity index (χ0v) is 10.2. The Labute approximate surface area is 107 Å². The zero-order chi connectivity index (χ0) is 11.7. The van der Waals surface area contributed by atoms with Crippen molar-refractivity contribution in [2.75, 3.05) is 0 Å². The molecule has 0 amide bonds. The average Bonchev–Trinajstić information content (AvgIpc) is 2.71. The minimum Gasteiger partial charge on any atom is -0.0843 e. The Morgan fingerprint density at radius 1 is 0.882 bits per heavy atom. The summed E-state index contributed by atoms with van der Waals surface area (Å²) in [4.78, 5) is 0. The number of benzene rings is 2. The molecule has 2 aromatic carbocycles. The third-order valence-electron chi connectivity index (χ3n) is 3.17. The van der Waals surface area contributed by atoms with Crippen LogP contribution in [0.3, 0.4) is 0 Å². The van der Waals surface area contributed by atoms with Crippen molar-refractivity contribution in [2.24, 2.45) is 0 Å². The van der Waals surface area contributed by atoms with Crippen LogP contribution < -0.4 is 0 Å². The van der Waals surface area contributed by atoms with Gasteiger partial charge in [-0.05, 0) is 41.7 Å². The third kappa shape index (κ3) is 2.27. The first-order valence-electron chi connectivity index (χ1n) is 5.83. The monoisotopic (exact) mass is 240 g/mol. The van der Waals surface area contributed by atoms with Crippen molar-refractivity contribution in [1.29, 1.82) is 0 Å². The third-order valence-corrected chi connectivity index (χ3v) is 3.41. The van der Waals surface area contributed by atoms with Gasteiger partial charge in [0.05, 0.1) is 0 Å². The van der Waals surface area contributed by atoms with E-state index in [0.717, 1.165) is 17.9 Å². The maximum atomic E-state index is 5.99. The van der Waals surface area contributed by atoms with Gasteiger partial charge in [0.15, 0.2) is 0 Å². The topological polar surface area (TPSA) is 0 Å². The van der Waals surface area contributed by atoms with Crippen molar-refractivity contribution in [1.82, 2.24) is 0 Å². The Hall–Kier alpha value is -1.53. The molecule has 0 unspecified atom stereocenters. The van der Waals surface area contributed by atoms with Crippen LogP contribution in [0.1, 0.15) is 16.7 Å². The maximum absolute atomic E-state index is 5.99. The van der Waals surface area contributed by atoms with E-state index in [-0.39, 0.29) is 0 Å². The van der Waals surface area contributed by atoms with Gasteiger partial charge in [0, 0.05) is 5.02 Å². The van der Waals surface area contributed by atoms with Gasteiger partial charge in [-0.25, -0.2) is 0 Å². The van der Waals surface area contributed by atoms with Crippen LogP contribution in [-0.4, -0.2) is 0 Å². The van der Waals surface area contributed by atoms with Crippen molar-refractivity contribution in [3.05, 3.63) is 75.8 Å². The summed E-state index contributed by atoms with van der Waals surface area (Å²) in [6.45, 7) is 0. The van der Waals surface area contributed by atoms with Gasteiger partial charge in [-0.3, -0.25) is 0 Å². The molecule has 0 aliphatic heterocycles. The van der Waals surface area contributed by atoms with Crippen LogP contribution in [0.25, 0.3) is 6.08 Å². The first kappa shape index (κ1) is 10.6. The number of rotatable bonds is 1. The molecule has 1 aliphatic rings. The molecular weight excluding hydrogens is 228 g/mol. The highest BCUT2D eigenvalue weighted by atomic mass is 35.5. The summed E-state index contributed by atoms with van der Waals surface area (Å²) in [5.74, 6) is 0.